The molecular formula is C12H22N2O3. The normalized spacial score (nSPS) is 32.7. The topological polar surface area (TPSA) is 61.8 Å². The van der Waals surface area contributed by atoms with E-state index in [0.717, 1.165) is 19.4 Å². The Hall–Kier alpha value is -0.810. The number of aliphatic hydroxyl groups excluding tert-OH is 1. The fourth-order valence-corrected chi connectivity index (χ4v) is 2.72. The summed E-state index contributed by atoms with van der Waals surface area (Å²) < 4.78 is 5.43. The van der Waals surface area contributed by atoms with Gasteiger partial charge in [-0.2, -0.15) is 0 Å². The van der Waals surface area contributed by atoms with Crippen LogP contribution in [-0.2, 0) is 4.74 Å². The van der Waals surface area contributed by atoms with Crippen LogP contribution in [0.1, 0.15) is 33.6 Å². The fraction of sp³-hybridized carbons (Fsp3) is 0.917. The number of nitrogens with zero attached hydrogens (tertiary/aromatic N) is 1. The second-order valence-corrected chi connectivity index (χ2v) is 5.88. The summed E-state index contributed by atoms with van der Waals surface area (Å²) in [5, 5.41) is 12.6. The van der Waals surface area contributed by atoms with Crippen molar-refractivity contribution in [2.24, 2.45) is 0 Å². The molecule has 98 valence electrons. The van der Waals surface area contributed by atoms with Crippen LogP contribution in [0.25, 0.3) is 0 Å². The molecule has 0 aliphatic carbocycles. The van der Waals surface area contributed by atoms with Crippen LogP contribution in [0.3, 0.4) is 0 Å². The molecule has 0 spiro atoms. The Morgan fingerprint density at radius 3 is 2.76 bits per heavy atom. The molecule has 2 heterocycles. The van der Waals surface area contributed by atoms with Crippen molar-refractivity contribution in [1.82, 2.24) is 10.2 Å². The van der Waals surface area contributed by atoms with E-state index in [-0.39, 0.29) is 30.8 Å². The van der Waals surface area contributed by atoms with E-state index in [2.05, 4.69) is 5.32 Å². The largest absolute Gasteiger partial charge is 0.444 e. The van der Waals surface area contributed by atoms with Gasteiger partial charge < -0.3 is 15.2 Å². The maximum Gasteiger partial charge on any atom is 0.410 e. The average molecular weight is 242 g/mol. The van der Waals surface area contributed by atoms with E-state index >= 15 is 0 Å². The van der Waals surface area contributed by atoms with Gasteiger partial charge in [0, 0.05) is 12.6 Å². The first kappa shape index (κ1) is 12.6. The Bertz CT molecular complexity index is 301. The molecule has 0 aromatic carbocycles. The Morgan fingerprint density at radius 1 is 1.47 bits per heavy atom. The summed E-state index contributed by atoms with van der Waals surface area (Å²) in [6, 6.07) is 0.285. The first-order chi connectivity index (χ1) is 7.92. The highest BCUT2D eigenvalue weighted by molar-refractivity contribution is 5.70. The molecular weight excluding hydrogens is 220 g/mol. The van der Waals surface area contributed by atoms with E-state index in [4.69, 9.17) is 4.74 Å². The number of aliphatic hydroxyl groups is 1. The summed E-state index contributed by atoms with van der Waals surface area (Å²) in [6.07, 6.45) is 1.69. The molecule has 2 aliphatic heterocycles. The number of nitrogens with one attached hydrogen (secondary N) is 1. The van der Waals surface area contributed by atoms with Gasteiger partial charge in [0.05, 0.1) is 18.7 Å². The number of rotatable bonds is 1. The van der Waals surface area contributed by atoms with Gasteiger partial charge >= 0.3 is 6.09 Å². The molecule has 2 saturated heterocycles. The van der Waals surface area contributed by atoms with Crippen LogP contribution in [-0.4, -0.2) is 53.0 Å². The van der Waals surface area contributed by atoms with E-state index in [1.807, 2.05) is 25.7 Å². The summed E-state index contributed by atoms with van der Waals surface area (Å²) in [6.45, 7) is 6.44. The summed E-state index contributed by atoms with van der Waals surface area (Å²) in [5.41, 5.74) is -0.462. The molecule has 0 aromatic heterocycles. The number of amides is 1. The van der Waals surface area contributed by atoms with E-state index in [1.165, 1.54) is 0 Å². The van der Waals surface area contributed by atoms with Crippen LogP contribution >= 0.6 is 0 Å². The molecule has 5 heteroatoms. The maximum atomic E-state index is 12.1. The van der Waals surface area contributed by atoms with Gasteiger partial charge in [-0.1, -0.05) is 0 Å². The number of ether oxygens (including phenoxy) is 1. The van der Waals surface area contributed by atoms with Crippen LogP contribution in [0.5, 0.6) is 0 Å². The lowest BCUT2D eigenvalue weighted by molar-refractivity contribution is 0.000412. The number of carbonyl (C=O) groups is 1. The van der Waals surface area contributed by atoms with Gasteiger partial charge in [-0.05, 0) is 33.6 Å². The van der Waals surface area contributed by atoms with Crippen molar-refractivity contribution in [2.45, 2.75) is 57.3 Å². The van der Waals surface area contributed by atoms with Gasteiger partial charge in [0.25, 0.3) is 0 Å². The van der Waals surface area contributed by atoms with E-state index in [0.29, 0.717) is 0 Å². The molecule has 3 atom stereocenters. The molecule has 2 rings (SSSR count). The molecule has 5 nitrogen and oxygen atoms in total. The molecule has 2 bridgehead atoms. The second kappa shape index (κ2) is 4.46. The molecule has 17 heavy (non-hydrogen) atoms. The Morgan fingerprint density at radius 2 is 2.18 bits per heavy atom. The zero-order valence-electron chi connectivity index (χ0n) is 10.8. The highest BCUT2D eigenvalue weighted by Gasteiger charge is 2.45. The van der Waals surface area contributed by atoms with Crippen LogP contribution in [0.2, 0.25) is 0 Å². The first-order valence-corrected chi connectivity index (χ1v) is 6.28. The third kappa shape index (κ3) is 2.55. The van der Waals surface area contributed by atoms with Gasteiger partial charge in [0.15, 0.2) is 0 Å². The van der Waals surface area contributed by atoms with Crippen molar-refractivity contribution in [3.8, 4) is 0 Å². The van der Waals surface area contributed by atoms with Gasteiger partial charge in [-0.3, -0.25) is 4.90 Å². The van der Waals surface area contributed by atoms with Crippen molar-refractivity contribution in [3.63, 3.8) is 0 Å². The van der Waals surface area contributed by atoms with E-state index < -0.39 is 5.60 Å². The van der Waals surface area contributed by atoms with Crippen molar-refractivity contribution in [3.05, 3.63) is 0 Å². The Balaban J connectivity index is 2.07. The smallest absolute Gasteiger partial charge is 0.410 e. The highest BCUT2D eigenvalue weighted by Crippen LogP contribution is 2.31. The lowest BCUT2D eigenvalue weighted by atomic mass is 10.1. The lowest BCUT2D eigenvalue weighted by Gasteiger charge is -2.40. The summed E-state index contributed by atoms with van der Waals surface area (Å²) in [4.78, 5) is 14.0. The third-order valence-corrected chi connectivity index (χ3v) is 3.43. The monoisotopic (exact) mass is 242 g/mol. The third-order valence-electron chi connectivity index (χ3n) is 3.43. The van der Waals surface area contributed by atoms with Gasteiger partial charge in [0.2, 0.25) is 0 Å². The standard InChI is InChI=1S/C12H22N2O3/c1-12(2,3)17-11(16)14-8-4-5-10(14)9(7-15)13-6-8/h8-10,13,15H,4-7H2,1-3H3/t8-,9-,10+/m1/s1. The molecule has 0 unspecified atom stereocenters. The fourth-order valence-electron chi connectivity index (χ4n) is 2.72. The molecule has 0 radical (unpaired) electrons. The summed E-state index contributed by atoms with van der Waals surface area (Å²) in [7, 11) is 0. The SMILES string of the molecule is CC(C)(C)OC(=O)N1[C@@H]2CC[C@H]1[C@@H](CO)NC2. The average Bonchev–Trinajstić information content (AvgIpc) is 2.52. The Kier molecular flexibility index (Phi) is 3.32. The molecule has 0 saturated carbocycles. The first-order valence-electron chi connectivity index (χ1n) is 6.28. The molecule has 0 aromatic rings. The summed E-state index contributed by atoms with van der Waals surface area (Å²) in [5.74, 6) is 0. The minimum absolute atomic E-state index is 0.0127. The predicted octanol–water partition coefficient (Wildman–Crippen LogP) is 0.719. The van der Waals surface area contributed by atoms with Crippen LogP contribution in [0.4, 0.5) is 4.79 Å². The number of hydrogen-bond acceptors (Lipinski definition) is 4. The zero-order valence-corrected chi connectivity index (χ0v) is 10.8. The van der Waals surface area contributed by atoms with Crippen molar-refractivity contribution < 1.29 is 14.6 Å². The van der Waals surface area contributed by atoms with E-state index in [9.17, 15) is 9.90 Å². The minimum atomic E-state index is -0.462. The Labute approximate surface area is 102 Å². The minimum Gasteiger partial charge on any atom is -0.444 e. The molecule has 2 aliphatic rings. The quantitative estimate of drug-likeness (QED) is 0.711. The van der Waals surface area contributed by atoms with Gasteiger partial charge in [-0.15, -0.1) is 0 Å². The van der Waals surface area contributed by atoms with Gasteiger partial charge in [0.1, 0.15) is 5.60 Å². The number of piperazine rings is 1. The zero-order chi connectivity index (χ0) is 12.6. The highest BCUT2D eigenvalue weighted by atomic mass is 16.6. The van der Waals surface area contributed by atoms with Crippen molar-refractivity contribution in [2.75, 3.05) is 13.2 Å². The van der Waals surface area contributed by atoms with Crippen LogP contribution in [0, 0.1) is 0 Å². The molecule has 1 amide bonds. The van der Waals surface area contributed by atoms with E-state index in [1.54, 1.807) is 0 Å². The number of fused-ring (bicyclic) bond motifs is 2. The van der Waals surface area contributed by atoms with Crippen LogP contribution in [0.15, 0.2) is 0 Å². The van der Waals surface area contributed by atoms with Crippen molar-refractivity contribution in [1.29, 1.82) is 0 Å². The number of hydrogen-bond donors (Lipinski definition) is 2. The van der Waals surface area contributed by atoms with Crippen molar-refractivity contribution >= 4 is 6.09 Å². The van der Waals surface area contributed by atoms with Gasteiger partial charge in [-0.25, -0.2) is 4.79 Å². The molecule has 2 N–H and O–H groups in total. The lowest BCUT2D eigenvalue weighted by Crippen LogP contribution is -2.61. The maximum absolute atomic E-state index is 12.1. The predicted molar refractivity (Wildman–Crippen MR) is 63.8 cm³/mol. The second-order valence-electron chi connectivity index (χ2n) is 5.88. The summed E-state index contributed by atoms with van der Waals surface area (Å²) >= 11 is 0. The number of carbonyl (C=O) groups excluding carboxylic acids is 1. The molecule has 2 fully saturated rings. The van der Waals surface area contributed by atoms with Crippen LogP contribution < -0.4 is 5.32 Å².